The monoisotopic (exact) mass is 376 g/mol. The van der Waals surface area contributed by atoms with Crippen molar-refractivity contribution in [1.29, 1.82) is 0 Å². The van der Waals surface area contributed by atoms with E-state index in [1.807, 2.05) is 13.0 Å². The number of carbonyl (C=O) groups is 1. The highest BCUT2D eigenvalue weighted by atomic mass is 19.1. The van der Waals surface area contributed by atoms with Gasteiger partial charge < -0.3 is 5.73 Å². The number of pyridine rings is 2. The van der Waals surface area contributed by atoms with E-state index in [1.54, 1.807) is 36.0 Å². The first-order chi connectivity index (χ1) is 13.5. The van der Waals surface area contributed by atoms with Gasteiger partial charge in [0.2, 0.25) is 0 Å². The first kappa shape index (κ1) is 17.7. The molecule has 28 heavy (non-hydrogen) atoms. The van der Waals surface area contributed by atoms with Gasteiger partial charge in [0.15, 0.2) is 11.6 Å². The molecule has 8 heteroatoms. The van der Waals surface area contributed by atoms with Crippen LogP contribution in [0.1, 0.15) is 28.5 Å². The summed E-state index contributed by atoms with van der Waals surface area (Å²) in [6.07, 6.45) is 5.24. The summed E-state index contributed by atoms with van der Waals surface area (Å²) in [5.41, 5.74) is 8.17. The number of hydrogen-bond donors (Lipinski definition) is 1. The highest BCUT2D eigenvalue weighted by Crippen LogP contribution is 2.27. The van der Waals surface area contributed by atoms with E-state index in [-0.39, 0.29) is 5.56 Å². The minimum absolute atomic E-state index is 0.186. The quantitative estimate of drug-likeness (QED) is 0.590. The number of amides is 1. The molecule has 0 fully saturated rings. The molecular formula is C20H17FN6O. The third kappa shape index (κ3) is 2.88. The second-order valence-corrected chi connectivity index (χ2v) is 6.31. The van der Waals surface area contributed by atoms with Gasteiger partial charge in [0.05, 0.1) is 11.9 Å². The Balaban J connectivity index is 2.05. The molecule has 4 rings (SSSR count). The second kappa shape index (κ2) is 6.80. The summed E-state index contributed by atoms with van der Waals surface area (Å²) in [6, 6.07) is 6.82. The lowest BCUT2D eigenvalue weighted by Gasteiger charge is -2.12. The van der Waals surface area contributed by atoms with Gasteiger partial charge in [0.1, 0.15) is 22.7 Å². The standard InChI is InChI=1S/C20H17FN6O/c1-3-12-10-27(19-14(12)8-13(21)9-24-19)20-16(17(22)28)11(2)25-18(26-20)15-6-4-5-7-23-15/h4-10H,3H2,1-2H3,(H2,22,28). The van der Waals surface area contributed by atoms with Gasteiger partial charge in [-0.15, -0.1) is 0 Å². The van der Waals surface area contributed by atoms with E-state index >= 15 is 0 Å². The van der Waals surface area contributed by atoms with Crippen LogP contribution in [0.15, 0.2) is 42.9 Å². The van der Waals surface area contributed by atoms with Gasteiger partial charge in [-0.05, 0) is 37.1 Å². The van der Waals surface area contributed by atoms with Crippen LogP contribution in [-0.4, -0.2) is 30.4 Å². The van der Waals surface area contributed by atoms with Crippen molar-refractivity contribution in [3.8, 4) is 17.3 Å². The molecular weight excluding hydrogens is 359 g/mol. The van der Waals surface area contributed by atoms with Crippen LogP contribution in [0, 0.1) is 12.7 Å². The van der Waals surface area contributed by atoms with Gasteiger partial charge in [-0.3, -0.25) is 14.3 Å². The third-order valence-corrected chi connectivity index (χ3v) is 4.51. The number of rotatable bonds is 4. The zero-order valence-electron chi connectivity index (χ0n) is 15.3. The first-order valence-electron chi connectivity index (χ1n) is 8.75. The molecule has 4 aromatic rings. The number of nitrogens with zero attached hydrogens (tertiary/aromatic N) is 5. The van der Waals surface area contributed by atoms with Crippen molar-refractivity contribution in [3.05, 3.63) is 65.5 Å². The van der Waals surface area contributed by atoms with Crippen molar-refractivity contribution in [2.75, 3.05) is 0 Å². The number of primary amides is 1. The molecule has 1 amide bonds. The fourth-order valence-electron chi connectivity index (χ4n) is 3.22. The Morgan fingerprint density at radius 3 is 2.75 bits per heavy atom. The molecule has 0 radical (unpaired) electrons. The molecule has 4 heterocycles. The van der Waals surface area contributed by atoms with Crippen molar-refractivity contribution < 1.29 is 9.18 Å². The van der Waals surface area contributed by atoms with E-state index in [2.05, 4.69) is 19.9 Å². The van der Waals surface area contributed by atoms with E-state index < -0.39 is 11.7 Å². The molecule has 140 valence electrons. The largest absolute Gasteiger partial charge is 0.365 e. The first-order valence-corrected chi connectivity index (χ1v) is 8.75. The van der Waals surface area contributed by atoms with Crippen LogP contribution >= 0.6 is 0 Å². The molecule has 2 N–H and O–H groups in total. The molecule has 0 aromatic carbocycles. The van der Waals surface area contributed by atoms with Crippen LogP contribution in [0.2, 0.25) is 0 Å². The minimum Gasteiger partial charge on any atom is -0.365 e. The van der Waals surface area contributed by atoms with Crippen molar-refractivity contribution in [1.82, 2.24) is 24.5 Å². The SMILES string of the molecule is CCc1cn(-c2nc(-c3ccccn3)nc(C)c2C(N)=O)c2ncc(F)cc12. The van der Waals surface area contributed by atoms with Crippen molar-refractivity contribution in [2.24, 2.45) is 5.73 Å². The third-order valence-electron chi connectivity index (χ3n) is 4.51. The average molecular weight is 376 g/mol. The topological polar surface area (TPSA) is 99.6 Å². The summed E-state index contributed by atoms with van der Waals surface area (Å²) in [6.45, 7) is 3.65. The number of aryl methyl sites for hydroxylation is 2. The van der Waals surface area contributed by atoms with E-state index in [9.17, 15) is 9.18 Å². The molecule has 0 bridgehead atoms. The Kier molecular flexibility index (Phi) is 4.31. The van der Waals surface area contributed by atoms with Gasteiger partial charge in [-0.25, -0.2) is 19.3 Å². The maximum absolute atomic E-state index is 13.7. The maximum Gasteiger partial charge on any atom is 0.254 e. The van der Waals surface area contributed by atoms with E-state index in [4.69, 9.17) is 5.73 Å². The Labute approximate surface area is 160 Å². The Morgan fingerprint density at radius 2 is 2.07 bits per heavy atom. The summed E-state index contributed by atoms with van der Waals surface area (Å²) in [7, 11) is 0. The minimum atomic E-state index is -0.651. The number of aromatic nitrogens is 5. The molecule has 4 aromatic heterocycles. The van der Waals surface area contributed by atoms with E-state index in [1.165, 1.54) is 6.07 Å². The van der Waals surface area contributed by atoms with Crippen LogP contribution in [0.4, 0.5) is 4.39 Å². The van der Waals surface area contributed by atoms with E-state index in [0.717, 1.165) is 11.8 Å². The molecule has 0 unspecified atom stereocenters. The molecule has 0 spiro atoms. The highest BCUT2D eigenvalue weighted by molar-refractivity contribution is 5.98. The summed E-state index contributed by atoms with van der Waals surface area (Å²) >= 11 is 0. The lowest BCUT2D eigenvalue weighted by Crippen LogP contribution is -2.19. The molecule has 7 nitrogen and oxygen atoms in total. The Hall–Kier alpha value is -3.68. The van der Waals surface area contributed by atoms with Crippen LogP contribution < -0.4 is 5.73 Å². The van der Waals surface area contributed by atoms with Gasteiger partial charge >= 0.3 is 0 Å². The van der Waals surface area contributed by atoms with Gasteiger partial charge in [-0.1, -0.05) is 13.0 Å². The average Bonchev–Trinajstić information content (AvgIpc) is 3.05. The predicted molar refractivity (Wildman–Crippen MR) is 102 cm³/mol. The van der Waals surface area contributed by atoms with Gasteiger partial charge in [0.25, 0.3) is 5.91 Å². The summed E-state index contributed by atoms with van der Waals surface area (Å²) in [5.74, 6) is -0.422. The van der Waals surface area contributed by atoms with Crippen LogP contribution in [0.5, 0.6) is 0 Å². The van der Waals surface area contributed by atoms with Gasteiger partial charge in [0, 0.05) is 17.8 Å². The number of carbonyl (C=O) groups excluding carboxylic acids is 1. The van der Waals surface area contributed by atoms with E-state index in [0.29, 0.717) is 40.5 Å². The normalized spacial score (nSPS) is 11.1. The Morgan fingerprint density at radius 1 is 1.25 bits per heavy atom. The number of hydrogen-bond acceptors (Lipinski definition) is 5. The fraction of sp³-hybridized carbons (Fsp3) is 0.150. The fourth-order valence-corrected chi connectivity index (χ4v) is 3.22. The second-order valence-electron chi connectivity index (χ2n) is 6.31. The van der Waals surface area contributed by atoms with Crippen molar-refractivity contribution in [2.45, 2.75) is 20.3 Å². The lowest BCUT2D eigenvalue weighted by molar-refractivity contribution is 0.0999. The number of nitrogens with two attached hydrogens (primary N) is 1. The summed E-state index contributed by atoms with van der Waals surface area (Å²) in [4.78, 5) is 29.6. The maximum atomic E-state index is 13.7. The van der Waals surface area contributed by atoms with Crippen LogP contribution in [0.25, 0.3) is 28.4 Å². The zero-order valence-corrected chi connectivity index (χ0v) is 15.3. The van der Waals surface area contributed by atoms with Crippen LogP contribution in [0.3, 0.4) is 0 Å². The molecule has 0 aliphatic carbocycles. The molecule has 0 aliphatic heterocycles. The molecule has 0 saturated heterocycles. The van der Waals surface area contributed by atoms with Gasteiger partial charge in [-0.2, -0.15) is 0 Å². The predicted octanol–water partition coefficient (Wildman–Crippen LogP) is 2.99. The lowest BCUT2D eigenvalue weighted by atomic mass is 10.2. The number of fused-ring (bicyclic) bond motifs is 1. The molecule has 0 aliphatic rings. The Bertz CT molecular complexity index is 1200. The molecule has 0 atom stereocenters. The summed E-state index contributed by atoms with van der Waals surface area (Å²) in [5, 5.41) is 0.661. The zero-order chi connectivity index (χ0) is 19.8. The van der Waals surface area contributed by atoms with Crippen LogP contribution in [-0.2, 0) is 6.42 Å². The van der Waals surface area contributed by atoms with Crippen molar-refractivity contribution >= 4 is 16.9 Å². The number of halogens is 1. The highest BCUT2D eigenvalue weighted by Gasteiger charge is 2.22. The smallest absolute Gasteiger partial charge is 0.254 e. The van der Waals surface area contributed by atoms with Crippen molar-refractivity contribution in [3.63, 3.8) is 0 Å². The summed E-state index contributed by atoms with van der Waals surface area (Å²) < 4.78 is 15.4. The molecule has 0 saturated carbocycles.